The second-order valence-corrected chi connectivity index (χ2v) is 5.50. The highest BCUT2D eigenvalue weighted by Gasteiger charge is 2.29. The molecule has 3 heterocycles. The number of fused-ring (bicyclic) bond motifs is 1. The van der Waals surface area contributed by atoms with Crippen LogP contribution in [0.2, 0.25) is 0 Å². The van der Waals surface area contributed by atoms with Gasteiger partial charge in [-0.05, 0) is 25.1 Å². The predicted octanol–water partition coefficient (Wildman–Crippen LogP) is 0.795. The topological polar surface area (TPSA) is 67.6 Å². The molecule has 6 heteroatoms. The van der Waals surface area contributed by atoms with Crippen molar-refractivity contribution >= 4 is 16.9 Å². The zero-order chi connectivity index (χ0) is 15.0. The Morgan fingerprint density at radius 1 is 1.43 bits per heavy atom. The van der Waals surface area contributed by atoms with Crippen LogP contribution in [0.15, 0.2) is 24.4 Å². The van der Waals surface area contributed by atoms with Crippen molar-refractivity contribution in [3.05, 3.63) is 30.1 Å². The van der Waals surface area contributed by atoms with Gasteiger partial charge < -0.3 is 19.3 Å². The maximum Gasteiger partial charge on any atom is 0.272 e. The van der Waals surface area contributed by atoms with E-state index in [2.05, 4.69) is 4.98 Å². The fourth-order valence-corrected chi connectivity index (χ4v) is 2.73. The molecule has 1 fully saturated rings. The molecule has 0 unspecified atom stereocenters. The monoisotopic (exact) mass is 289 g/mol. The van der Waals surface area contributed by atoms with Crippen molar-refractivity contribution in [2.45, 2.75) is 19.1 Å². The van der Waals surface area contributed by atoms with E-state index in [1.807, 2.05) is 36.9 Å². The molecule has 2 atom stereocenters. The molecule has 0 saturated carbocycles. The molecule has 0 bridgehead atoms. The van der Waals surface area contributed by atoms with Crippen molar-refractivity contribution in [3.8, 4) is 0 Å². The van der Waals surface area contributed by atoms with Gasteiger partial charge in [-0.15, -0.1) is 0 Å². The molecule has 1 saturated heterocycles. The summed E-state index contributed by atoms with van der Waals surface area (Å²) < 4.78 is 7.45. The smallest absolute Gasteiger partial charge is 0.272 e. The molecule has 0 aliphatic carbocycles. The number of carbonyl (C=O) groups is 1. The second kappa shape index (κ2) is 5.46. The van der Waals surface area contributed by atoms with Gasteiger partial charge in [-0.2, -0.15) is 0 Å². The van der Waals surface area contributed by atoms with Crippen LogP contribution in [0.3, 0.4) is 0 Å². The minimum Gasteiger partial charge on any atom is -0.394 e. The van der Waals surface area contributed by atoms with Crippen molar-refractivity contribution in [1.29, 1.82) is 0 Å². The number of aryl methyl sites for hydroxylation is 1. The van der Waals surface area contributed by atoms with Crippen LogP contribution >= 0.6 is 0 Å². The Morgan fingerprint density at radius 2 is 2.24 bits per heavy atom. The first-order valence-electron chi connectivity index (χ1n) is 7.06. The number of carbonyl (C=O) groups excluding carboxylic acids is 1. The largest absolute Gasteiger partial charge is 0.394 e. The number of aliphatic hydroxyl groups excluding tert-OH is 1. The van der Waals surface area contributed by atoms with Gasteiger partial charge in [-0.3, -0.25) is 4.79 Å². The summed E-state index contributed by atoms with van der Waals surface area (Å²) in [5.41, 5.74) is 1.22. The Kier molecular flexibility index (Phi) is 3.65. The lowest BCUT2D eigenvalue weighted by atomic mass is 10.2. The molecular weight excluding hydrogens is 270 g/mol. The number of ether oxygens (including phenoxy) is 1. The van der Waals surface area contributed by atoms with Gasteiger partial charge in [0.1, 0.15) is 11.3 Å². The standard InChI is InChI=1S/C15H19N3O3/c1-10-7-18(8-12(9-19)21-10)15(20)13-4-3-11-5-6-17(2)14(11)16-13/h3-6,10,12,19H,7-9H2,1-2H3/t10-,12-/m0/s1. The van der Waals surface area contributed by atoms with Gasteiger partial charge in [0.15, 0.2) is 0 Å². The summed E-state index contributed by atoms with van der Waals surface area (Å²) in [7, 11) is 1.90. The van der Waals surface area contributed by atoms with E-state index < -0.39 is 0 Å². The SMILES string of the molecule is C[C@H]1CN(C(=O)c2ccc3ccn(C)c3n2)C[C@@H](CO)O1. The fraction of sp³-hybridized carbons (Fsp3) is 0.467. The molecule has 0 aromatic carbocycles. The molecule has 1 aliphatic rings. The van der Waals surface area contributed by atoms with Crippen LogP contribution in [0.1, 0.15) is 17.4 Å². The van der Waals surface area contributed by atoms with Gasteiger partial charge in [0.05, 0.1) is 18.8 Å². The predicted molar refractivity (Wildman–Crippen MR) is 78.0 cm³/mol. The number of pyridine rings is 1. The Hall–Kier alpha value is -1.92. The van der Waals surface area contributed by atoms with Crippen LogP contribution in [0.25, 0.3) is 11.0 Å². The molecule has 0 radical (unpaired) electrons. The maximum absolute atomic E-state index is 12.6. The zero-order valence-electron chi connectivity index (χ0n) is 12.2. The Morgan fingerprint density at radius 3 is 3.00 bits per heavy atom. The molecule has 0 spiro atoms. The van der Waals surface area contributed by atoms with E-state index in [-0.39, 0.29) is 24.7 Å². The number of hydrogen-bond acceptors (Lipinski definition) is 4. The highest BCUT2D eigenvalue weighted by Crippen LogP contribution is 2.17. The Bertz CT molecular complexity index is 667. The molecule has 21 heavy (non-hydrogen) atoms. The molecular formula is C15H19N3O3. The summed E-state index contributed by atoms with van der Waals surface area (Å²) in [6, 6.07) is 5.62. The van der Waals surface area contributed by atoms with Gasteiger partial charge >= 0.3 is 0 Å². The minimum absolute atomic E-state index is 0.0846. The second-order valence-electron chi connectivity index (χ2n) is 5.50. The molecule has 112 valence electrons. The van der Waals surface area contributed by atoms with Crippen LogP contribution in [-0.2, 0) is 11.8 Å². The average Bonchev–Trinajstić information content (AvgIpc) is 2.86. The Balaban J connectivity index is 1.87. The lowest BCUT2D eigenvalue weighted by Gasteiger charge is -2.35. The van der Waals surface area contributed by atoms with Crippen LogP contribution in [0.5, 0.6) is 0 Å². The van der Waals surface area contributed by atoms with Crippen molar-refractivity contribution in [3.63, 3.8) is 0 Å². The fourth-order valence-electron chi connectivity index (χ4n) is 2.73. The summed E-state index contributed by atoms with van der Waals surface area (Å²) in [5.74, 6) is -0.119. The molecule has 6 nitrogen and oxygen atoms in total. The molecule has 1 N–H and O–H groups in total. The van der Waals surface area contributed by atoms with E-state index in [9.17, 15) is 9.90 Å². The summed E-state index contributed by atoms with van der Waals surface area (Å²) in [6.45, 7) is 2.73. The third kappa shape index (κ3) is 2.64. The van der Waals surface area contributed by atoms with E-state index in [1.54, 1.807) is 11.0 Å². The number of hydrogen-bond donors (Lipinski definition) is 1. The van der Waals surface area contributed by atoms with Crippen LogP contribution < -0.4 is 0 Å². The van der Waals surface area contributed by atoms with Gasteiger partial charge in [0.25, 0.3) is 5.91 Å². The van der Waals surface area contributed by atoms with Gasteiger partial charge in [0, 0.05) is 31.7 Å². The average molecular weight is 289 g/mol. The number of aliphatic hydroxyl groups is 1. The van der Waals surface area contributed by atoms with Crippen LogP contribution in [-0.4, -0.2) is 57.4 Å². The normalized spacial score (nSPS) is 22.7. The summed E-state index contributed by atoms with van der Waals surface area (Å²) in [6.07, 6.45) is 1.51. The molecule has 2 aromatic heterocycles. The lowest BCUT2D eigenvalue weighted by Crippen LogP contribution is -2.50. The van der Waals surface area contributed by atoms with Crippen molar-refractivity contribution < 1.29 is 14.6 Å². The van der Waals surface area contributed by atoms with E-state index in [1.165, 1.54) is 0 Å². The maximum atomic E-state index is 12.6. The van der Waals surface area contributed by atoms with Crippen molar-refractivity contribution in [2.75, 3.05) is 19.7 Å². The molecule has 1 amide bonds. The first-order valence-corrected chi connectivity index (χ1v) is 7.06. The van der Waals surface area contributed by atoms with E-state index >= 15 is 0 Å². The quantitative estimate of drug-likeness (QED) is 0.888. The van der Waals surface area contributed by atoms with E-state index in [0.717, 1.165) is 11.0 Å². The number of nitrogens with zero attached hydrogens (tertiary/aromatic N) is 3. The van der Waals surface area contributed by atoms with E-state index in [0.29, 0.717) is 18.8 Å². The summed E-state index contributed by atoms with van der Waals surface area (Å²) in [5, 5.41) is 10.3. The van der Waals surface area contributed by atoms with Gasteiger partial charge in [-0.25, -0.2) is 4.98 Å². The summed E-state index contributed by atoms with van der Waals surface area (Å²) in [4.78, 5) is 18.8. The number of morpholine rings is 1. The Labute approximate surface area is 122 Å². The van der Waals surface area contributed by atoms with Crippen molar-refractivity contribution in [1.82, 2.24) is 14.5 Å². The summed E-state index contributed by atoms with van der Waals surface area (Å²) >= 11 is 0. The van der Waals surface area contributed by atoms with Gasteiger partial charge in [-0.1, -0.05) is 0 Å². The number of amides is 1. The zero-order valence-corrected chi connectivity index (χ0v) is 12.2. The highest BCUT2D eigenvalue weighted by atomic mass is 16.5. The van der Waals surface area contributed by atoms with E-state index in [4.69, 9.17) is 4.74 Å². The van der Waals surface area contributed by atoms with Crippen LogP contribution in [0.4, 0.5) is 0 Å². The number of rotatable bonds is 2. The molecule has 1 aliphatic heterocycles. The van der Waals surface area contributed by atoms with Crippen LogP contribution in [0, 0.1) is 0 Å². The first-order chi connectivity index (χ1) is 10.1. The van der Waals surface area contributed by atoms with Gasteiger partial charge in [0.2, 0.25) is 0 Å². The van der Waals surface area contributed by atoms with Crippen molar-refractivity contribution in [2.24, 2.45) is 7.05 Å². The highest BCUT2D eigenvalue weighted by molar-refractivity contribution is 5.94. The number of aromatic nitrogens is 2. The third-order valence-electron chi connectivity index (χ3n) is 3.75. The third-order valence-corrected chi connectivity index (χ3v) is 3.75. The minimum atomic E-state index is -0.323. The molecule has 3 rings (SSSR count). The molecule has 2 aromatic rings. The first kappa shape index (κ1) is 14.0. The lowest BCUT2D eigenvalue weighted by molar-refractivity contribution is -0.0859.